The van der Waals surface area contributed by atoms with Crippen molar-refractivity contribution in [1.82, 2.24) is 20.4 Å². The second-order valence-electron chi connectivity index (χ2n) is 10.2. The van der Waals surface area contributed by atoms with Crippen molar-refractivity contribution in [2.75, 3.05) is 7.05 Å². The minimum Gasteiger partial charge on any atom is -0.348 e. The van der Waals surface area contributed by atoms with Gasteiger partial charge < -0.3 is 10.2 Å². The molecule has 2 saturated heterocycles. The Balaban J connectivity index is 1.18. The summed E-state index contributed by atoms with van der Waals surface area (Å²) in [7, 11) is 2.18. The molecule has 2 bridgehead atoms. The minimum atomic E-state index is -4.37. The molecule has 6 rings (SSSR count). The summed E-state index contributed by atoms with van der Waals surface area (Å²) in [4.78, 5) is 17.4. The predicted octanol–water partition coefficient (Wildman–Crippen LogP) is 6.26. The van der Waals surface area contributed by atoms with E-state index in [0.29, 0.717) is 29.8 Å². The summed E-state index contributed by atoms with van der Waals surface area (Å²) in [6, 6.07) is 16.4. The molecule has 9 heteroatoms. The fraction of sp³-hybridized carbons (Fsp3) is 0.357. The summed E-state index contributed by atoms with van der Waals surface area (Å²) in [5.74, 6) is -0.152. The number of piperidine rings is 1. The van der Waals surface area contributed by atoms with Gasteiger partial charge in [0.05, 0.1) is 11.1 Å². The van der Waals surface area contributed by atoms with E-state index in [1.54, 1.807) is 6.07 Å². The molecule has 192 valence electrons. The summed E-state index contributed by atoms with van der Waals surface area (Å²) in [6.45, 7) is 0. The highest BCUT2D eigenvalue weighted by molar-refractivity contribution is 7.15. The first-order valence-electron chi connectivity index (χ1n) is 12.5. The highest BCUT2D eigenvalue weighted by atomic mass is 32.1. The molecule has 2 aromatic heterocycles. The molecule has 2 unspecified atom stereocenters. The van der Waals surface area contributed by atoms with Crippen LogP contribution in [0.5, 0.6) is 0 Å². The van der Waals surface area contributed by atoms with Crippen molar-refractivity contribution in [3.8, 4) is 10.4 Å². The molecule has 2 atom stereocenters. The van der Waals surface area contributed by atoms with Crippen LogP contribution in [0.1, 0.15) is 52.2 Å². The topological polar surface area (TPSA) is 61.0 Å². The van der Waals surface area contributed by atoms with Crippen molar-refractivity contribution in [2.24, 2.45) is 0 Å². The lowest BCUT2D eigenvalue weighted by atomic mass is 9.97. The van der Waals surface area contributed by atoms with Crippen molar-refractivity contribution in [2.45, 2.75) is 56.4 Å². The molecule has 4 aromatic rings. The third kappa shape index (κ3) is 4.78. The zero-order chi connectivity index (χ0) is 25.7. The van der Waals surface area contributed by atoms with Gasteiger partial charge in [0.2, 0.25) is 0 Å². The molecular weight excluding hydrogens is 497 g/mol. The Kier molecular flexibility index (Phi) is 6.07. The molecule has 0 spiro atoms. The van der Waals surface area contributed by atoms with Crippen LogP contribution in [0.15, 0.2) is 54.6 Å². The van der Waals surface area contributed by atoms with Gasteiger partial charge in [0, 0.05) is 39.7 Å². The van der Waals surface area contributed by atoms with Gasteiger partial charge in [-0.25, -0.2) is 0 Å². The van der Waals surface area contributed by atoms with E-state index in [-0.39, 0.29) is 11.9 Å². The summed E-state index contributed by atoms with van der Waals surface area (Å²) in [5.41, 5.74) is 2.12. The van der Waals surface area contributed by atoms with Gasteiger partial charge in [0.15, 0.2) is 5.69 Å². The first kappa shape index (κ1) is 24.2. The quantitative estimate of drug-likeness (QED) is 0.324. The number of fused-ring (bicyclic) bond motifs is 3. The predicted molar refractivity (Wildman–Crippen MR) is 139 cm³/mol. The van der Waals surface area contributed by atoms with E-state index in [1.165, 1.54) is 36.3 Å². The van der Waals surface area contributed by atoms with E-state index in [4.69, 9.17) is 0 Å². The van der Waals surface area contributed by atoms with Crippen molar-refractivity contribution >= 4 is 28.1 Å². The average molecular weight is 525 g/mol. The number of carbonyl (C=O) groups excluding carboxylic acids is 1. The number of thiophene rings is 1. The lowest BCUT2D eigenvalue weighted by Crippen LogP contribution is -2.48. The number of hydrogen-bond donors (Lipinski definition) is 2. The van der Waals surface area contributed by atoms with Crippen LogP contribution in [-0.4, -0.2) is 46.2 Å². The summed E-state index contributed by atoms with van der Waals surface area (Å²) in [5, 5.41) is 11.3. The van der Waals surface area contributed by atoms with Crippen LogP contribution in [0.2, 0.25) is 0 Å². The van der Waals surface area contributed by atoms with Crippen molar-refractivity contribution in [1.29, 1.82) is 0 Å². The number of nitrogens with zero attached hydrogens (tertiary/aromatic N) is 2. The maximum atomic E-state index is 13.1. The number of carbonyl (C=O) groups is 1. The third-order valence-electron chi connectivity index (χ3n) is 7.79. The van der Waals surface area contributed by atoms with Gasteiger partial charge in [-0.1, -0.05) is 18.2 Å². The smallest absolute Gasteiger partial charge is 0.348 e. The van der Waals surface area contributed by atoms with Gasteiger partial charge in [-0.05, 0) is 80.3 Å². The van der Waals surface area contributed by atoms with Crippen LogP contribution < -0.4 is 5.32 Å². The van der Waals surface area contributed by atoms with Crippen LogP contribution in [0.4, 0.5) is 13.2 Å². The maximum absolute atomic E-state index is 13.1. The number of amides is 1. The highest BCUT2D eigenvalue weighted by Gasteiger charge is 2.39. The van der Waals surface area contributed by atoms with Crippen molar-refractivity contribution in [3.63, 3.8) is 0 Å². The number of alkyl halides is 3. The molecule has 37 heavy (non-hydrogen) atoms. The van der Waals surface area contributed by atoms with Crippen LogP contribution in [0.25, 0.3) is 21.3 Å². The van der Waals surface area contributed by atoms with Crippen LogP contribution in [0, 0.1) is 0 Å². The summed E-state index contributed by atoms with van der Waals surface area (Å²) in [6.07, 6.45) is 0.579. The number of benzene rings is 2. The van der Waals surface area contributed by atoms with Crippen LogP contribution in [-0.2, 0) is 12.6 Å². The molecule has 0 aliphatic carbocycles. The van der Waals surface area contributed by atoms with Crippen molar-refractivity contribution < 1.29 is 18.0 Å². The molecule has 2 aliphatic heterocycles. The van der Waals surface area contributed by atoms with Gasteiger partial charge >= 0.3 is 6.18 Å². The van der Waals surface area contributed by atoms with E-state index >= 15 is 0 Å². The number of hydrogen-bond acceptors (Lipinski definition) is 4. The third-order valence-corrected chi connectivity index (χ3v) is 8.92. The number of rotatable bonds is 5. The van der Waals surface area contributed by atoms with E-state index in [2.05, 4.69) is 27.5 Å². The van der Waals surface area contributed by atoms with Gasteiger partial charge in [0.1, 0.15) is 0 Å². The molecule has 0 saturated carbocycles. The summed E-state index contributed by atoms with van der Waals surface area (Å²) >= 11 is 1.47. The Morgan fingerprint density at radius 1 is 1.11 bits per heavy atom. The second kappa shape index (κ2) is 9.29. The number of nitrogens with one attached hydrogen (secondary N) is 2. The Hall–Kier alpha value is -3.17. The summed E-state index contributed by atoms with van der Waals surface area (Å²) < 4.78 is 39.3. The first-order chi connectivity index (χ1) is 17.7. The molecular formula is C28H27F3N4OS. The molecule has 2 aromatic carbocycles. The highest BCUT2D eigenvalue weighted by Crippen LogP contribution is 2.36. The second-order valence-corrected chi connectivity index (χ2v) is 11.3. The van der Waals surface area contributed by atoms with E-state index in [0.717, 1.165) is 45.1 Å². The van der Waals surface area contributed by atoms with Gasteiger partial charge in [-0.2, -0.15) is 18.3 Å². The Morgan fingerprint density at radius 2 is 1.89 bits per heavy atom. The molecule has 1 amide bonds. The van der Waals surface area contributed by atoms with Crippen LogP contribution >= 0.6 is 11.3 Å². The molecule has 2 aliphatic rings. The number of aromatic nitrogens is 2. The number of aromatic amines is 1. The molecule has 4 heterocycles. The fourth-order valence-corrected chi connectivity index (χ4v) is 6.84. The molecule has 5 nitrogen and oxygen atoms in total. The largest absolute Gasteiger partial charge is 0.416 e. The fourth-order valence-electron chi connectivity index (χ4n) is 5.81. The number of H-pyrrole nitrogens is 1. The Bertz CT molecular complexity index is 1450. The normalized spacial score (nSPS) is 22.0. The van der Waals surface area contributed by atoms with Crippen molar-refractivity contribution in [3.05, 3.63) is 76.3 Å². The SMILES string of the molecule is CN1C2CCC1CC(NC(=O)c1n[nH]c3ccc(Cc4ccc(-c5cccc(C(F)(F)F)c5)s4)cc13)C2. The molecule has 2 fully saturated rings. The lowest BCUT2D eigenvalue weighted by Gasteiger charge is -2.36. The minimum absolute atomic E-state index is 0.152. The Morgan fingerprint density at radius 3 is 2.65 bits per heavy atom. The average Bonchev–Trinajstić information content (AvgIpc) is 3.55. The lowest BCUT2D eigenvalue weighted by molar-refractivity contribution is -0.137. The monoisotopic (exact) mass is 524 g/mol. The standard InChI is InChI=1S/C28H27F3N4OS/c1-35-20-6-7-21(35)15-19(14-20)32-27(36)26-23-12-16(5-9-24(23)33-34-26)11-22-8-10-25(37-22)17-3-2-4-18(13-17)28(29,30)31/h2-5,8-10,12-13,19-21H,6-7,11,14-15H2,1H3,(H,32,36)(H,33,34). The van der Waals surface area contributed by atoms with Crippen LogP contribution in [0.3, 0.4) is 0 Å². The Labute approximate surface area is 216 Å². The maximum Gasteiger partial charge on any atom is 0.416 e. The van der Waals surface area contributed by atoms with E-state index in [9.17, 15) is 18.0 Å². The van der Waals surface area contributed by atoms with E-state index < -0.39 is 11.7 Å². The van der Waals surface area contributed by atoms with Gasteiger partial charge in [-0.15, -0.1) is 11.3 Å². The zero-order valence-electron chi connectivity index (χ0n) is 20.3. The van der Waals surface area contributed by atoms with Gasteiger partial charge in [0.25, 0.3) is 5.91 Å². The zero-order valence-corrected chi connectivity index (χ0v) is 21.1. The van der Waals surface area contributed by atoms with Gasteiger partial charge in [-0.3, -0.25) is 9.89 Å². The molecule has 0 radical (unpaired) electrons. The molecule has 2 N–H and O–H groups in total. The first-order valence-corrected chi connectivity index (χ1v) is 13.3. The van der Waals surface area contributed by atoms with E-state index in [1.807, 2.05) is 30.3 Å². The number of halogens is 3.